The van der Waals surface area contributed by atoms with E-state index >= 15 is 0 Å². The molecule has 0 fully saturated rings. The van der Waals surface area contributed by atoms with Crippen molar-refractivity contribution in [2.45, 2.75) is 13.3 Å². The van der Waals surface area contributed by atoms with Gasteiger partial charge in [0.1, 0.15) is 6.61 Å². The second kappa shape index (κ2) is 14.0. The lowest BCUT2D eigenvalue weighted by molar-refractivity contribution is -0.0511. The Hall–Kier alpha value is -5.72. The molecule has 4 amide bonds. The van der Waals surface area contributed by atoms with Gasteiger partial charge in [-0.2, -0.15) is 0 Å². The summed E-state index contributed by atoms with van der Waals surface area (Å²) in [4.78, 5) is 79.6. The zero-order chi connectivity index (χ0) is 34.6. The molecule has 0 radical (unpaired) electrons. The van der Waals surface area contributed by atoms with Crippen LogP contribution in [0.25, 0.3) is 0 Å². The summed E-state index contributed by atoms with van der Waals surface area (Å²) in [7, 11) is 0. The zero-order valence-electron chi connectivity index (χ0n) is 26.1. The van der Waals surface area contributed by atoms with Gasteiger partial charge < -0.3 is 19.3 Å². The van der Waals surface area contributed by atoms with E-state index in [-0.39, 0.29) is 64.6 Å². The number of hydrogen-bond donors (Lipinski definition) is 1. The number of anilines is 2. The molecule has 0 saturated heterocycles. The van der Waals surface area contributed by atoms with E-state index in [0.717, 1.165) is 15.9 Å². The highest BCUT2D eigenvalue weighted by Crippen LogP contribution is 2.35. The molecule has 12 heteroatoms. The molecule has 2 aliphatic rings. The molecule has 1 N–H and O–H groups in total. The Morgan fingerprint density at radius 3 is 1.67 bits per heavy atom. The number of imide groups is 2. The molecule has 0 saturated carbocycles. The van der Waals surface area contributed by atoms with E-state index in [1.807, 2.05) is 6.92 Å². The number of aromatic carboxylic acids is 1. The van der Waals surface area contributed by atoms with Crippen LogP contribution in [-0.2, 0) is 14.2 Å². The number of hydrogen-bond acceptors (Lipinski definition) is 9. The van der Waals surface area contributed by atoms with E-state index in [0.29, 0.717) is 19.6 Å². The summed E-state index contributed by atoms with van der Waals surface area (Å²) in [6.45, 7) is 10.3. The number of ether oxygens (including phenoxy) is 3. The lowest BCUT2D eigenvalue weighted by Gasteiger charge is -2.31. The van der Waals surface area contributed by atoms with Crippen molar-refractivity contribution in [1.29, 1.82) is 0 Å². The van der Waals surface area contributed by atoms with Crippen molar-refractivity contribution in [3.05, 3.63) is 119 Å². The molecule has 3 aromatic rings. The number of esters is 1. The second-order valence-electron chi connectivity index (χ2n) is 11.3. The number of carbonyl (C=O) groups is 6. The first-order chi connectivity index (χ1) is 23.1. The normalized spacial score (nSPS) is 13.9. The molecule has 0 unspecified atom stereocenters. The number of carboxylic acids is 1. The largest absolute Gasteiger partial charge is 0.478 e. The van der Waals surface area contributed by atoms with E-state index < -0.39 is 41.0 Å². The van der Waals surface area contributed by atoms with Crippen LogP contribution in [0.4, 0.5) is 11.4 Å². The third-order valence-corrected chi connectivity index (χ3v) is 8.15. The molecule has 0 spiro atoms. The van der Waals surface area contributed by atoms with Crippen LogP contribution in [0, 0.1) is 5.41 Å². The Balaban J connectivity index is 1.35. The maximum Gasteiger partial charge on any atom is 0.338 e. The van der Waals surface area contributed by atoms with Crippen LogP contribution >= 0.6 is 0 Å². The van der Waals surface area contributed by atoms with Crippen molar-refractivity contribution in [3.8, 4) is 0 Å². The minimum absolute atomic E-state index is 0.0211. The lowest BCUT2D eigenvalue weighted by Crippen LogP contribution is -2.37. The van der Waals surface area contributed by atoms with Gasteiger partial charge in [0, 0.05) is 0 Å². The standard InChI is InChI=1S/C36H32N2O10/c1-4-14-46-19-36(6-3,20-47-15-5-2)21-48-35(45)23-11-13-27-29(17-23)33(42)38(31(27)40)25-9-7-8-24(18-25)37-30(39)26-12-10-22(34(43)44)16-28(26)32(37)41/h4-5,7-13,16-18H,1-2,6,14-15,19-21H2,3H3,(H,43,44). The van der Waals surface area contributed by atoms with Crippen LogP contribution in [0.2, 0.25) is 0 Å². The average Bonchev–Trinajstić information content (AvgIpc) is 3.49. The van der Waals surface area contributed by atoms with Gasteiger partial charge in [-0.05, 0) is 61.0 Å². The summed E-state index contributed by atoms with van der Waals surface area (Å²) in [6.07, 6.45) is 3.80. The van der Waals surface area contributed by atoms with Gasteiger partial charge >= 0.3 is 11.9 Å². The van der Waals surface area contributed by atoms with Gasteiger partial charge in [-0.3, -0.25) is 19.2 Å². The molecule has 48 heavy (non-hydrogen) atoms. The first-order valence-electron chi connectivity index (χ1n) is 15.0. The molecule has 246 valence electrons. The number of carbonyl (C=O) groups excluding carboxylic acids is 5. The lowest BCUT2D eigenvalue weighted by atomic mass is 9.88. The maximum atomic E-state index is 13.6. The van der Waals surface area contributed by atoms with Crippen LogP contribution in [-0.4, -0.2) is 73.7 Å². The molecular weight excluding hydrogens is 620 g/mol. The summed E-state index contributed by atoms with van der Waals surface area (Å²) in [6, 6.07) is 13.4. The van der Waals surface area contributed by atoms with Gasteiger partial charge in [-0.1, -0.05) is 25.1 Å². The van der Waals surface area contributed by atoms with Crippen molar-refractivity contribution in [3.63, 3.8) is 0 Å². The molecular formula is C36H32N2O10. The fourth-order valence-corrected chi connectivity index (χ4v) is 5.43. The number of fused-ring (bicyclic) bond motifs is 2. The average molecular weight is 653 g/mol. The SMILES string of the molecule is C=CCOCC(CC)(COCC=C)COC(=O)c1ccc2c(c1)C(=O)N(c1cccc(N3C(=O)c4ccc(C(=O)O)cc4C3=O)c1)C2=O. The fraction of sp³-hybridized carbons (Fsp3) is 0.222. The minimum Gasteiger partial charge on any atom is -0.478 e. The van der Waals surface area contributed by atoms with Crippen LogP contribution in [0.15, 0.2) is 86.0 Å². The van der Waals surface area contributed by atoms with Gasteiger partial charge in [0.25, 0.3) is 23.6 Å². The van der Waals surface area contributed by atoms with Crippen LogP contribution in [0.1, 0.15) is 75.5 Å². The number of nitrogens with zero attached hydrogens (tertiary/aromatic N) is 2. The quantitative estimate of drug-likeness (QED) is 0.103. The summed E-state index contributed by atoms with van der Waals surface area (Å²) >= 11 is 0. The predicted octanol–water partition coefficient (Wildman–Crippen LogP) is 4.94. The maximum absolute atomic E-state index is 13.6. The zero-order valence-corrected chi connectivity index (χ0v) is 26.1. The van der Waals surface area contributed by atoms with E-state index in [9.17, 15) is 33.9 Å². The van der Waals surface area contributed by atoms with Crippen molar-refractivity contribution in [1.82, 2.24) is 0 Å². The molecule has 0 atom stereocenters. The number of benzene rings is 3. The van der Waals surface area contributed by atoms with Crippen LogP contribution < -0.4 is 9.80 Å². The molecule has 3 aromatic carbocycles. The fourth-order valence-electron chi connectivity index (χ4n) is 5.43. The third kappa shape index (κ3) is 6.31. The first-order valence-corrected chi connectivity index (χ1v) is 15.0. The molecule has 2 heterocycles. The highest BCUT2D eigenvalue weighted by atomic mass is 16.5. The van der Waals surface area contributed by atoms with E-state index in [2.05, 4.69) is 13.2 Å². The Morgan fingerprint density at radius 1 is 0.708 bits per heavy atom. The molecule has 5 rings (SSSR count). The highest BCUT2D eigenvalue weighted by molar-refractivity contribution is 6.36. The minimum atomic E-state index is -1.25. The van der Waals surface area contributed by atoms with Gasteiger partial charge in [0.15, 0.2) is 0 Å². The van der Waals surface area contributed by atoms with Crippen molar-refractivity contribution < 1.29 is 48.1 Å². The summed E-state index contributed by atoms with van der Waals surface area (Å²) < 4.78 is 17.0. The van der Waals surface area contributed by atoms with Crippen LogP contribution in [0.3, 0.4) is 0 Å². The number of amides is 4. The summed E-state index contributed by atoms with van der Waals surface area (Å²) in [5, 5.41) is 9.30. The molecule has 0 aliphatic carbocycles. The second-order valence-corrected chi connectivity index (χ2v) is 11.3. The van der Waals surface area contributed by atoms with Gasteiger partial charge in [0.05, 0.1) is 76.6 Å². The van der Waals surface area contributed by atoms with Crippen LogP contribution in [0.5, 0.6) is 0 Å². The Labute approximate surface area is 275 Å². The summed E-state index contributed by atoms with van der Waals surface area (Å²) in [5.41, 5.74) is -0.599. The first kappa shape index (κ1) is 33.6. The molecule has 12 nitrogen and oxygen atoms in total. The predicted molar refractivity (Wildman–Crippen MR) is 174 cm³/mol. The smallest absolute Gasteiger partial charge is 0.338 e. The Bertz CT molecular complexity index is 1850. The van der Waals surface area contributed by atoms with Gasteiger partial charge in [-0.15, -0.1) is 13.2 Å². The molecule has 0 aromatic heterocycles. The third-order valence-electron chi connectivity index (χ3n) is 8.15. The Morgan fingerprint density at radius 2 is 1.19 bits per heavy atom. The highest BCUT2D eigenvalue weighted by Gasteiger charge is 2.40. The number of carboxylic acid groups (broad SMARTS) is 1. The van der Waals surface area contributed by atoms with E-state index in [1.165, 1.54) is 54.6 Å². The van der Waals surface area contributed by atoms with E-state index in [1.54, 1.807) is 12.2 Å². The van der Waals surface area contributed by atoms with Crippen molar-refractivity contribution in [2.75, 3.05) is 42.8 Å². The van der Waals surface area contributed by atoms with Crippen molar-refractivity contribution in [2.24, 2.45) is 5.41 Å². The monoisotopic (exact) mass is 652 g/mol. The van der Waals surface area contributed by atoms with E-state index in [4.69, 9.17) is 14.2 Å². The number of rotatable bonds is 15. The molecule has 2 aliphatic heterocycles. The Kier molecular flexibility index (Phi) is 9.78. The molecule has 0 bridgehead atoms. The van der Waals surface area contributed by atoms with Gasteiger partial charge in [0.2, 0.25) is 0 Å². The topological polar surface area (TPSA) is 157 Å². The van der Waals surface area contributed by atoms with Gasteiger partial charge in [-0.25, -0.2) is 19.4 Å². The van der Waals surface area contributed by atoms with Crippen molar-refractivity contribution >= 4 is 46.9 Å². The summed E-state index contributed by atoms with van der Waals surface area (Å²) in [5.74, 6) is -4.76.